The Morgan fingerprint density at radius 3 is 2.78 bits per heavy atom. The van der Waals surface area contributed by atoms with E-state index >= 15 is 0 Å². The predicted octanol–water partition coefficient (Wildman–Crippen LogP) is 2.97. The third-order valence-corrected chi connectivity index (χ3v) is 4.82. The van der Waals surface area contributed by atoms with Crippen molar-refractivity contribution in [2.45, 2.75) is 12.3 Å². The van der Waals surface area contributed by atoms with Crippen LogP contribution in [0.3, 0.4) is 0 Å². The van der Waals surface area contributed by atoms with E-state index in [0.717, 1.165) is 0 Å². The van der Waals surface area contributed by atoms with Gasteiger partial charge in [-0.15, -0.1) is 0 Å². The van der Waals surface area contributed by atoms with E-state index in [0.29, 0.717) is 39.3 Å². The maximum atomic E-state index is 12.7. The van der Waals surface area contributed by atoms with Crippen LogP contribution in [0.2, 0.25) is 0 Å². The van der Waals surface area contributed by atoms with Crippen LogP contribution in [0, 0.1) is 0 Å². The van der Waals surface area contributed by atoms with Gasteiger partial charge in [0.15, 0.2) is 17.2 Å². The van der Waals surface area contributed by atoms with Crippen molar-refractivity contribution in [3.05, 3.63) is 57.9 Å². The second kappa shape index (κ2) is 5.77. The van der Waals surface area contributed by atoms with Crippen molar-refractivity contribution in [2.75, 3.05) is 13.9 Å². The molecule has 0 radical (unpaired) electrons. The topological polar surface area (TPSA) is 84.2 Å². The van der Waals surface area contributed by atoms with Gasteiger partial charge in [0.2, 0.25) is 12.5 Å². The largest absolute Gasteiger partial charge is 0.493 e. The molecular formula is C20H14O7. The molecule has 1 atom stereocenters. The van der Waals surface area contributed by atoms with Crippen molar-refractivity contribution in [3.63, 3.8) is 0 Å². The van der Waals surface area contributed by atoms with Crippen molar-refractivity contribution in [2.24, 2.45) is 0 Å². The summed E-state index contributed by atoms with van der Waals surface area (Å²) in [6.07, 6.45) is 0.0128. The van der Waals surface area contributed by atoms with E-state index in [4.69, 9.17) is 23.4 Å². The molecule has 0 aliphatic carbocycles. The Morgan fingerprint density at radius 1 is 1.07 bits per heavy atom. The maximum absolute atomic E-state index is 12.7. The third-order valence-electron chi connectivity index (χ3n) is 4.82. The standard InChI is InChI=1S/C20H14O7/c1-23-14-6-10(7-15-19(14)25-9-24-15)12-8-16(21)27-18-11-4-2-3-5-13(11)26-20(22)17(12)18/h2-7,12H,8-9H2,1H3. The lowest BCUT2D eigenvalue weighted by molar-refractivity contribution is -0.135. The summed E-state index contributed by atoms with van der Waals surface area (Å²) in [7, 11) is 1.52. The van der Waals surface area contributed by atoms with Gasteiger partial charge in [-0.25, -0.2) is 4.79 Å². The lowest BCUT2D eigenvalue weighted by atomic mass is 9.86. The van der Waals surface area contributed by atoms with Crippen LogP contribution >= 0.6 is 0 Å². The van der Waals surface area contributed by atoms with Gasteiger partial charge in [0.05, 0.1) is 24.5 Å². The maximum Gasteiger partial charge on any atom is 0.343 e. The van der Waals surface area contributed by atoms with Crippen LogP contribution in [0.25, 0.3) is 11.0 Å². The first-order valence-electron chi connectivity index (χ1n) is 8.39. The number of esters is 1. The van der Waals surface area contributed by atoms with Crippen LogP contribution in [0.4, 0.5) is 0 Å². The van der Waals surface area contributed by atoms with E-state index in [1.165, 1.54) is 7.11 Å². The molecule has 0 saturated carbocycles. The van der Waals surface area contributed by atoms with Crippen molar-refractivity contribution in [1.29, 1.82) is 0 Å². The normalized spacial score (nSPS) is 17.5. The zero-order valence-corrected chi connectivity index (χ0v) is 14.3. The summed E-state index contributed by atoms with van der Waals surface area (Å²) in [5.41, 5.74) is 0.849. The molecule has 3 aromatic rings. The highest BCUT2D eigenvalue weighted by Crippen LogP contribution is 2.47. The fourth-order valence-electron chi connectivity index (χ4n) is 3.61. The van der Waals surface area contributed by atoms with Gasteiger partial charge in [-0.3, -0.25) is 4.79 Å². The molecule has 7 heteroatoms. The van der Waals surface area contributed by atoms with Crippen LogP contribution in [0.1, 0.15) is 23.5 Å². The van der Waals surface area contributed by atoms with Crippen molar-refractivity contribution >= 4 is 16.9 Å². The average molecular weight is 366 g/mol. The van der Waals surface area contributed by atoms with Gasteiger partial charge in [-0.2, -0.15) is 0 Å². The molecule has 0 N–H and O–H groups in total. The summed E-state index contributed by atoms with van der Waals surface area (Å²) in [4.78, 5) is 25.0. The van der Waals surface area contributed by atoms with E-state index in [1.807, 2.05) is 0 Å². The Balaban J connectivity index is 1.76. The van der Waals surface area contributed by atoms with Gasteiger partial charge in [0.25, 0.3) is 0 Å². The molecule has 0 spiro atoms. The molecule has 1 unspecified atom stereocenters. The van der Waals surface area contributed by atoms with Crippen LogP contribution in [0.15, 0.2) is 45.6 Å². The number of carbonyl (C=O) groups is 1. The number of fused-ring (bicyclic) bond motifs is 4. The molecule has 0 fully saturated rings. The zero-order valence-electron chi connectivity index (χ0n) is 14.3. The van der Waals surface area contributed by atoms with Crippen LogP contribution in [-0.4, -0.2) is 19.9 Å². The summed E-state index contributed by atoms with van der Waals surface area (Å²) in [5.74, 6) is 0.788. The molecule has 0 saturated heterocycles. The molecule has 3 heterocycles. The minimum atomic E-state index is -0.537. The van der Waals surface area contributed by atoms with Gasteiger partial charge >= 0.3 is 11.6 Å². The monoisotopic (exact) mass is 366 g/mol. The first kappa shape index (κ1) is 15.7. The number of rotatable bonds is 2. The molecule has 136 valence electrons. The number of ether oxygens (including phenoxy) is 4. The van der Waals surface area contributed by atoms with Crippen molar-refractivity contribution in [3.8, 4) is 23.0 Å². The quantitative estimate of drug-likeness (QED) is 0.509. The molecular weight excluding hydrogens is 352 g/mol. The summed E-state index contributed by atoms with van der Waals surface area (Å²) in [5, 5.41) is 0.581. The molecule has 5 rings (SSSR count). The van der Waals surface area contributed by atoms with Crippen molar-refractivity contribution < 1.29 is 28.2 Å². The molecule has 2 aliphatic heterocycles. The lowest BCUT2D eigenvalue weighted by Gasteiger charge is -2.24. The number of carbonyl (C=O) groups excluding carboxylic acids is 1. The number of methoxy groups -OCH3 is 1. The Bertz CT molecular complexity index is 1150. The Kier molecular flexibility index (Phi) is 3.36. The molecule has 2 aromatic carbocycles. The summed E-state index contributed by atoms with van der Waals surface area (Å²) in [6, 6.07) is 10.5. The molecule has 27 heavy (non-hydrogen) atoms. The van der Waals surface area contributed by atoms with E-state index in [1.54, 1.807) is 36.4 Å². The van der Waals surface area contributed by atoms with E-state index in [9.17, 15) is 9.59 Å². The minimum absolute atomic E-state index is 0.0128. The highest BCUT2D eigenvalue weighted by molar-refractivity contribution is 5.90. The van der Waals surface area contributed by atoms with Gasteiger partial charge < -0.3 is 23.4 Å². The van der Waals surface area contributed by atoms with E-state index < -0.39 is 17.5 Å². The van der Waals surface area contributed by atoms with Gasteiger partial charge in [0, 0.05) is 5.92 Å². The molecule has 0 amide bonds. The van der Waals surface area contributed by atoms with E-state index in [2.05, 4.69) is 0 Å². The second-order valence-corrected chi connectivity index (χ2v) is 6.32. The van der Waals surface area contributed by atoms with Gasteiger partial charge in [0.1, 0.15) is 5.58 Å². The number of benzene rings is 2. The SMILES string of the molecule is COc1cc(C2CC(=O)Oc3c2c(=O)oc2ccccc32)cc2c1OCO2. The minimum Gasteiger partial charge on any atom is -0.493 e. The first-order valence-corrected chi connectivity index (χ1v) is 8.39. The molecule has 7 nitrogen and oxygen atoms in total. The number of para-hydroxylation sites is 1. The van der Waals surface area contributed by atoms with E-state index in [-0.39, 0.29) is 19.0 Å². The Hall–Kier alpha value is -3.48. The molecule has 0 bridgehead atoms. The van der Waals surface area contributed by atoms with Crippen molar-refractivity contribution in [1.82, 2.24) is 0 Å². The third kappa shape index (κ3) is 2.35. The van der Waals surface area contributed by atoms with Crippen LogP contribution < -0.4 is 24.6 Å². The smallest absolute Gasteiger partial charge is 0.343 e. The number of hydrogen-bond donors (Lipinski definition) is 0. The lowest BCUT2D eigenvalue weighted by Crippen LogP contribution is -2.26. The molecule has 1 aromatic heterocycles. The van der Waals surface area contributed by atoms with Gasteiger partial charge in [-0.05, 0) is 29.8 Å². The highest BCUT2D eigenvalue weighted by Gasteiger charge is 2.35. The summed E-state index contributed by atoms with van der Waals surface area (Å²) in [6.45, 7) is 0.0885. The number of hydrogen-bond acceptors (Lipinski definition) is 7. The fraction of sp³-hybridized carbons (Fsp3) is 0.200. The van der Waals surface area contributed by atoms with Crippen LogP contribution in [-0.2, 0) is 4.79 Å². The van der Waals surface area contributed by atoms with Crippen LogP contribution in [0.5, 0.6) is 23.0 Å². The fourth-order valence-corrected chi connectivity index (χ4v) is 3.61. The predicted molar refractivity (Wildman–Crippen MR) is 93.7 cm³/mol. The average Bonchev–Trinajstić information content (AvgIpc) is 3.15. The van der Waals surface area contributed by atoms with Gasteiger partial charge in [-0.1, -0.05) is 12.1 Å². The Morgan fingerprint density at radius 2 is 1.93 bits per heavy atom. The summed E-state index contributed by atoms with van der Waals surface area (Å²) >= 11 is 0. The second-order valence-electron chi connectivity index (χ2n) is 6.32. The zero-order chi connectivity index (χ0) is 18.5. The first-order chi connectivity index (χ1) is 13.2. The highest BCUT2D eigenvalue weighted by atomic mass is 16.7. The summed E-state index contributed by atoms with van der Waals surface area (Å²) < 4.78 is 27.2. The Labute approximate surface area is 153 Å². The molecule has 2 aliphatic rings.